The molecule has 0 aliphatic heterocycles. The van der Waals surface area contributed by atoms with E-state index >= 15 is 0 Å². The fourth-order valence-corrected chi connectivity index (χ4v) is 4.95. The van der Waals surface area contributed by atoms with Crippen molar-refractivity contribution in [2.75, 3.05) is 11.1 Å². The minimum atomic E-state index is -0.167. The third-order valence-electron chi connectivity index (χ3n) is 5.23. The second kappa shape index (κ2) is 11.3. The van der Waals surface area contributed by atoms with Crippen molar-refractivity contribution in [3.05, 3.63) is 76.4 Å². The van der Waals surface area contributed by atoms with Gasteiger partial charge in [0, 0.05) is 23.1 Å². The van der Waals surface area contributed by atoms with Crippen LogP contribution < -0.4 is 10.6 Å². The Kier molecular flexibility index (Phi) is 7.94. The molecule has 2 aromatic carbocycles. The van der Waals surface area contributed by atoms with Crippen LogP contribution in [0.2, 0.25) is 0 Å². The highest BCUT2D eigenvalue weighted by Gasteiger charge is 2.15. The molecule has 0 saturated heterocycles. The maximum Gasteiger partial charge on any atom is 0.251 e. The van der Waals surface area contributed by atoms with E-state index in [1.807, 2.05) is 73.2 Å². The molecule has 2 aromatic heterocycles. The van der Waals surface area contributed by atoms with Crippen LogP contribution in [0.5, 0.6) is 0 Å². The summed E-state index contributed by atoms with van der Waals surface area (Å²) >= 11 is 2.69. The number of aryl methyl sites for hydroxylation is 2. The highest BCUT2D eigenvalue weighted by molar-refractivity contribution is 7.99. The quantitative estimate of drug-likeness (QED) is 0.319. The Bertz CT molecular complexity index is 1330. The number of hydrogen-bond donors (Lipinski definition) is 2. The standard InChI is InChI=1S/C25H26N6O2S2/c1-4-31-21(13-26-23(33)19-7-5-6-17(3)12-19)29-30-25(31)35-15-22(32)28-24-27-20(14-34-24)18-10-8-16(2)9-11-18/h5-12,14H,4,13,15H2,1-3H3,(H,26,33)(H,27,28,32). The van der Waals surface area contributed by atoms with E-state index < -0.39 is 0 Å². The smallest absolute Gasteiger partial charge is 0.251 e. The van der Waals surface area contributed by atoms with Crippen LogP contribution in [0.1, 0.15) is 34.2 Å². The van der Waals surface area contributed by atoms with E-state index in [2.05, 4.69) is 25.8 Å². The lowest BCUT2D eigenvalue weighted by Gasteiger charge is -2.09. The molecule has 0 radical (unpaired) electrons. The van der Waals surface area contributed by atoms with Gasteiger partial charge >= 0.3 is 0 Å². The maximum atomic E-state index is 12.5. The van der Waals surface area contributed by atoms with Gasteiger partial charge in [0.2, 0.25) is 5.91 Å². The number of thioether (sulfide) groups is 1. The minimum absolute atomic E-state index is 0.165. The highest BCUT2D eigenvalue weighted by Crippen LogP contribution is 2.25. The van der Waals surface area contributed by atoms with Gasteiger partial charge in [-0.3, -0.25) is 9.59 Å². The number of aromatic nitrogens is 4. The zero-order valence-electron chi connectivity index (χ0n) is 19.7. The first-order valence-corrected chi connectivity index (χ1v) is 13.0. The second-order valence-corrected chi connectivity index (χ2v) is 9.74. The van der Waals surface area contributed by atoms with E-state index in [1.54, 1.807) is 6.07 Å². The molecule has 0 bridgehead atoms. The second-order valence-electron chi connectivity index (χ2n) is 7.94. The molecular formula is C25H26N6O2S2. The molecule has 0 aliphatic rings. The molecule has 8 nitrogen and oxygen atoms in total. The van der Waals surface area contributed by atoms with Gasteiger partial charge in [0.1, 0.15) is 0 Å². The monoisotopic (exact) mass is 506 g/mol. The first-order chi connectivity index (χ1) is 16.9. The van der Waals surface area contributed by atoms with Gasteiger partial charge in [-0.1, -0.05) is 59.3 Å². The van der Waals surface area contributed by atoms with Gasteiger partial charge in [-0.05, 0) is 32.9 Å². The number of anilines is 1. The third kappa shape index (κ3) is 6.34. The van der Waals surface area contributed by atoms with Crippen LogP contribution in [0, 0.1) is 13.8 Å². The first-order valence-electron chi connectivity index (χ1n) is 11.1. The summed E-state index contributed by atoms with van der Waals surface area (Å²) in [5, 5.41) is 17.3. The Morgan fingerprint density at radius 2 is 1.86 bits per heavy atom. The topological polar surface area (TPSA) is 102 Å². The molecule has 10 heteroatoms. The summed E-state index contributed by atoms with van der Waals surface area (Å²) in [6.07, 6.45) is 0. The summed E-state index contributed by atoms with van der Waals surface area (Å²) in [4.78, 5) is 29.5. The van der Waals surface area contributed by atoms with Crippen molar-refractivity contribution in [3.63, 3.8) is 0 Å². The number of carbonyl (C=O) groups excluding carboxylic acids is 2. The molecular weight excluding hydrogens is 480 g/mol. The molecule has 0 atom stereocenters. The molecule has 0 unspecified atom stereocenters. The zero-order valence-corrected chi connectivity index (χ0v) is 21.4. The number of nitrogens with zero attached hydrogens (tertiary/aromatic N) is 4. The SMILES string of the molecule is CCn1c(CNC(=O)c2cccc(C)c2)nnc1SCC(=O)Nc1nc(-c2ccc(C)cc2)cs1. The molecule has 180 valence electrons. The lowest BCUT2D eigenvalue weighted by atomic mass is 10.1. The van der Waals surface area contributed by atoms with Crippen molar-refractivity contribution in [3.8, 4) is 11.3 Å². The molecule has 2 amide bonds. The van der Waals surface area contributed by atoms with Crippen molar-refractivity contribution in [1.82, 2.24) is 25.1 Å². The van der Waals surface area contributed by atoms with Gasteiger partial charge in [-0.15, -0.1) is 21.5 Å². The number of amides is 2. The largest absolute Gasteiger partial charge is 0.345 e. The Hall–Kier alpha value is -3.50. The zero-order chi connectivity index (χ0) is 24.8. The molecule has 2 N–H and O–H groups in total. The molecule has 0 spiro atoms. The molecule has 0 fully saturated rings. The van der Waals surface area contributed by atoms with E-state index in [1.165, 1.54) is 28.7 Å². The third-order valence-corrected chi connectivity index (χ3v) is 6.95. The average molecular weight is 507 g/mol. The molecule has 4 aromatic rings. The summed E-state index contributed by atoms with van der Waals surface area (Å²) in [5.74, 6) is 0.480. The molecule has 0 saturated carbocycles. The van der Waals surface area contributed by atoms with Gasteiger partial charge in [-0.25, -0.2) is 4.98 Å². The summed E-state index contributed by atoms with van der Waals surface area (Å²) in [6.45, 7) is 6.83. The Morgan fingerprint density at radius 3 is 2.60 bits per heavy atom. The van der Waals surface area contributed by atoms with Crippen LogP contribution in [-0.4, -0.2) is 37.3 Å². The van der Waals surface area contributed by atoms with Crippen molar-refractivity contribution in [2.45, 2.75) is 39.0 Å². The number of carbonyl (C=O) groups is 2. The summed E-state index contributed by atoms with van der Waals surface area (Å²) in [7, 11) is 0. The van der Waals surface area contributed by atoms with Crippen LogP contribution in [-0.2, 0) is 17.9 Å². The predicted molar refractivity (Wildman–Crippen MR) is 140 cm³/mol. The van der Waals surface area contributed by atoms with E-state index in [9.17, 15) is 9.59 Å². The van der Waals surface area contributed by atoms with Crippen LogP contribution in [0.25, 0.3) is 11.3 Å². The predicted octanol–water partition coefficient (Wildman–Crippen LogP) is 4.70. The van der Waals surface area contributed by atoms with Gasteiger partial charge in [-0.2, -0.15) is 0 Å². The number of benzene rings is 2. The van der Waals surface area contributed by atoms with E-state index in [0.29, 0.717) is 28.2 Å². The normalized spacial score (nSPS) is 10.8. The molecule has 35 heavy (non-hydrogen) atoms. The summed E-state index contributed by atoms with van der Waals surface area (Å²) < 4.78 is 1.90. The number of hydrogen-bond acceptors (Lipinski definition) is 7. The van der Waals surface area contributed by atoms with Crippen molar-refractivity contribution in [2.24, 2.45) is 0 Å². The number of thiazole rings is 1. The van der Waals surface area contributed by atoms with Crippen LogP contribution in [0.15, 0.2) is 59.1 Å². The van der Waals surface area contributed by atoms with Gasteiger partial charge in [0.25, 0.3) is 5.91 Å². The minimum Gasteiger partial charge on any atom is -0.345 e. The summed E-state index contributed by atoms with van der Waals surface area (Å²) in [5.41, 5.74) is 4.66. The van der Waals surface area contributed by atoms with Crippen LogP contribution >= 0.6 is 23.1 Å². The van der Waals surface area contributed by atoms with Crippen molar-refractivity contribution >= 4 is 40.0 Å². The van der Waals surface area contributed by atoms with Gasteiger partial charge < -0.3 is 15.2 Å². The summed E-state index contributed by atoms with van der Waals surface area (Å²) in [6, 6.07) is 15.5. The van der Waals surface area contributed by atoms with E-state index in [-0.39, 0.29) is 24.1 Å². The Labute approximate surface area is 212 Å². The molecule has 4 rings (SSSR count). The van der Waals surface area contributed by atoms with Crippen LogP contribution in [0.3, 0.4) is 0 Å². The number of nitrogens with one attached hydrogen (secondary N) is 2. The van der Waals surface area contributed by atoms with Crippen molar-refractivity contribution < 1.29 is 9.59 Å². The Morgan fingerprint density at radius 1 is 1.06 bits per heavy atom. The van der Waals surface area contributed by atoms with E-state index in [0.717, 1.165) is 16.8 Å². The highest BCUT2D eigenvalue weighted by atomic mass is 32.2. The lowest BCUT2D eigenvalue weighted by molar-refractivity contribution is -0.113. The van der Waals surface area contributed by atoms with Gasteiger partial charge in [0.05, 0.1) is 18.0 Å². The fourth-order valence-electron chi connectivity index (χ4n) is 3.40. The lowest BCUT2D eigenvalue weighted by Crippen LogP contribution is -2.25. The van der Waals surface area contributed by atoms with E-state index in [4.69, 9.17) is 0 Å². The average Bonchev–Trinajstić information content (AvgIpc) is 3.48. The maximum absolute atomic E-state index is 12.5. The Balaban J connectivity index is 1.31. The molecule has 0 aliphatic carbocycles. The first kappa shape index (κ1) is 24.6. The fraction of sp³-hybridized carbons (Fsp3) is 0.240. The van der Waals surface area contributed by atoms with Crippen LogP contribution in [0.4, 0.5) is 5.13 Å². The molecule has 2 heterocycles. The van der Waals surface area contributed by atoms with Crippen molar-refractivity contribution in [1.29, 1.82) is 0 Å². The van der Waals surface area contributed by atoms with Gasteiger partial charge in [0.15, 0.2) is 16.1 Å². The number of rotatable bonds is 9.